The van der Waals surface area contributed by atoms with E-state index in [1.807, 2.05) is 36.7 Å². The number of thiocarbonyl (C=S) groups is 1. The van der Waals surface area contributed by atoms with Crippen LogP contribution in [0, 0.1) is 0 Å². The zero-order valence-corrected chi connectivity index (χ0v) is 16.7. The van der Waals surface area contributed by atoms with Crippen molar-refractivity contribution in [3.8, 4) is 0 Å². The van der Waals surface area contributed by atoms with Gasteiger partial charge in [0.1, 0.15) is 5.82 Å². The van der Waals surface area contributed by atoms with E-state index in [0.29, 0.717) is 5.11 Å². The lowest BCUT2D eigenvalue weighted by molar-refractivity contribution is 0.380. The lowest BCUT2D eigenvalue weighted by Crippen LogP contribution is -2.51. The lowest BCUT2D eigenvalue weighted by atomic mass is 9.95. The molecule has 0 unspecified atom stereocenters. The standard InChI is InChI=1S/C19H22N6S.ClH/c26-19(23-22-16-7-3-5-15-6-4-10-21-18(15)16)25-13-11-24(12-14-25)17-8-1-2-9-20-17;/h1-2,4,6,8-10H,3,5,7,11-14H2,(H,23,26);1H/b22-16+;. The number of fused-ring (bicyclic) bond motifs is 1. The van der Waals surface area contributed by atoms with Crippen LogP contribution in [0.1, 0.15) is 24.1 Å². The number of pyridine rings is 2. The maximum Gasteiger partial charge on any atom is 0.189 e. The minimum atomic E-state index is 0. The van der Waals surface area contributed by atoms with E-state index in [0.717, 1.165) is 62.7 Å². The smallest absolute Gasteiger partial charge is 0.189 e. The maximum atomic E-state index is 5.55. The molecule has 0 bridgehead atoms. The zero-order valence-electron chi connectivity index (χ0n) is 15.0. The fourth-order valence-corrected chi connectivity index (χ4v) is 3.67. The fraction of sp³-hybridized carbons (Fsp3) is 0.368. The lowest BCUT2D eigenvalue weighted by Gasteiger charge is -2.36. The molecule has 0 aromatic carbocycles. The van der Waals surface area contributed by atoms with Gasteiger partial charge in [0, 0.05) is 38.6 Å². The Morgan fingerprint density at radius 1 is 1.00 bits per heavy atom. The minimum absolute atomic E-state index is 0. The second-order valence-electron chi connectivity index (χ2n) is 6.50. The van der Waals surface area contributed by atoms with Crippen molar-refractivity contribution in [2.45, 2.75) is 19.3 Å². The second kappa shape index (κ2) is 9.10. The van der Waals surface area contributed by atoms with Gasteiger partial charge >= 0.3 is 0 Å². The van der Waals surface area contributed by atoms with Gasteiger partial charge in [0.05, 0.1) is 11.4 Å². The summed E-state index contributed by atoms with van der Waals surface area (Å²) in [7, 11) is 0. The van der Waals surface area contributed by atoms with Crippen LogP contribution in [-0.2, 0) is 6.42 Å². The van der Waals surface area contributed by atoms with E-state index in [1.165, 1.54) is 5.56 Å². The highest BCUT2D eigenvalue weighted by Crippen LogP contribution is 2.19. The topological polar surface area (TPSA) is 56.7 Å². The normalized spacial score (nSPS) is 17.9. The quantitative estimate of drug-likeness (QED) is 0.615. The summed E-state index contributed by atoms with van der Waals surface area (Å²) in [5, 5.41) is 5.25. The van der Waals surface area contributed by atoms with E-state index in [2.05, 4.69) is 36.4 Å². The highest BCUT2D eigenvalue weighted by atomic mass is 35.5. The van der Waals surface area contributed by atoms with Crippen LogP contribution in [0.2, 0.25) is 0 Å². The van der Waals surface area contributed by atoms with Crippen molar-refractivity contribution in [1.29, 1.82) is 0 Å². The average Bonchev–Trinajstić information content (AvgIpc) is 2.73. The SMILES string of the molecule is Cl.S=C(N/N=C1\CCCc2cccnc21)N1CCN(c2ccccn2)CC1. The van der Waals surface area contributed by atoms with Crippen LogP contribution < -0.4 is 10.3 Å². The van der Waals surface area contributed by atoms with E-state index in [9.17, 15) is 0 Å². The van der Waals surface area contributed by atoms with Gasteiger partial charge in [0.25, 0.3) is 0 Å². The largest absolute Gasteiger partial charge is 0.353 e. The summed E-state index contributed by atoms with van der Waals surface area (Å²) >= 11 is 5.55. The molecule has 0 atom stereocenters. The monoisotopic (exact) mass is 402 g/mol. The Hall–Kier alpha value is -2.25. The van der Waals surface area contributed by atoms with Crippen molar-refractivity contribution in [3.05, 3.63) is 54.0 Å². The van der Waals surface area contributed by atoms with Crippen molar-refractivity contribution in [2.24, 2.45) is 5.10 Å². The predicted molar refractivity (Wildman–Crippen MR) is 115 cm³/mol. The second-order valence-corrected chi connectivity index (χ2v) is 6.89. The number of piperazine rings is 1. The van der Waals surface area contributed by atoms with Crippen LogP contribution >= 0.6 is 24.6 Å². The molecule has 8 heteroatoms. The Morgan fingerprint density at radius 2 is 1.81 bits per heavy atom. The molecule has 0 radical (unpaired) electrons. The number of aromatic nitrogens is 2. The Labute approximate surface area is 171 Å². The third kappa shape index (κ3) is 4.54. The molecule has 142 valence electrons. The summed E-state index contributed by atoms with van der Waals surface area (Å²) in [4.78, 5) is 13.4. The number of hydrogen-bond donors (Lipinski definition) is 1. The van der Waals surface area contributed by atoms with Gasteiger partial charge in [-0.25, -0.2) is 4.98 Å². The van der Waals surface area contributed by atoms with Crippen LogP contribution in [0.4, 0.5) is 5.82 Å². The fourth-order valence-electron chi connectivity index (χ4n) is 3.44. The number of nitrogens with zero attached hydrogens (tertiary/aromatic N) is 5. The highest BCUT2D eigenvalue weighted by molar-refractivity contribution is 7.80. The summed E-state index contributed by atoms with van der Waals surface area (Å²) in [6.45, 7) is 3.53. The first kappa shape index (κ1) is 19.5. The first-order chi connectivity index (χ1) is 12.8. The molecule has 1 N–H and O–H groups in total. The van der Waals surface area contributed by atoms with Gasteiger partial charge < -0.3 is 9.80 Å². The molecule has 4 rings (SSSR count). The molecule has 6 nitrogen and oxygen atoms in total. The summed E-state index contributed by atoms with van der Waals surface area (Å²) in [5.74, 6) is 1.02. The number of aryl methyl sites for hydroxylation is 1. The van der Waals surface area contributed by atoms with Gasteiger partial charge in [0.15, 0.2) is 5.11 Å². The molecule has 1 saturated heterocycles. The molecule has 0 amide bonds. The van der Waals surface area contributed by atoms with Gasteiger partial charge in [-0.15, -0.1) is 12.4 Å². The number of nitrogens with one attached hydrogen (secondary N) is 1. The molecule has 0 saturated carbocycles. The van der Waals surface area contributed by atoms with Crippen LogP contribution in [0.25, 0.3) is 0 Å². The molecule has 3 heterocycles. The Balaban J connectivity index is 0.00000210. The maximum absolute atomic E-state index is 5.55. The summed E-state index contributed by atoms with van der Waals surface area (Å²) in [6.07, 6.45) is 6.78. The minimum Gasteiger partial charge on any atom is -0.353 e. The van der Waals surface area contributed by atoms with Gasteiger partial charge in [-0.3, -0.25) is 10.4 Å². The molecule has 1 aliphatic heterocycles. The van der Waals surface area contributed by atoms with E-state index in [1.54, 1.807) is 0 Å². The van der Waals surface area contributed by atoms with E-state index in [4.69, 9.17) is 12.2 Å². The molecular formula is C19H23ClN6S. The predicted octanol–water partition coefficient (Wildman–Crippen LogP) is 2.64. The first-order valence-corrected chi connectivity index (χ1v) is 9.44. The average molecular weight is 403 g/mol. The Kier molecular flexibility index (Phi) is 6.58. The molecule has 2 aromatic rings. The van der Waals surface area contributed by atoms with Gasteiger partial charge in [-0.05, 0) is 55.2 Å². The third-order valence-corrected chi connectivity index (χ3v) is 5.20. The van der Waals surface area contributed by atoms with Gasteiger partial charge in [-0.2, -0.15) is 5.10 Å². The number of rotatable bonds is 2. The summed E-state index contributed by atoms with van der Waals surface area (Å²) < 4.78 is 0. The molecule has 1 fully saturated rings. The zero-order chi connectivity index (χ0) is 17.8. The molecule has 0 spiro atoms. The molecule has 1 aliphatic carbocycles. The highest BCUT2D eigenvalue weighted by Gasteiger charge is 2.20. The van der Waals surface area contributed by atoms with E-state index >= 15 is 0 Å². The summed E-state index contributed by atoms with van der Waals surface area (Å²) in [5.41, 5.74) is 6.37. The molecule has 2 aromatic heterocycles. The number of hydrazone groups is 1. The van der Waals surface area contributed by atoms with Crippen LogP contribution in [0.3, 0.4) is 0 Å². The summed E-state index contributed by atoms with van der Waals surface area (Å²) in [6, 6.07) is 10.1. The molecular weight excluding hydrogens is 380 g/mol. The number of hydrogen-bond acceptors (Lipinski definition) is 5. The first-order valence-electron chi connectivity index (χ1n) is 9.03. The molecule has 2 aliphatic rings. The number of halogens is 1. The van der Waals surface area contributed by atoms with Crippen molar-refractivity contribution in [2.75, 3.05) is 31.1 Å². The van der Waals surface area contributed by atoms with Crippen molar-refractivity contribution in [3.63, 3.8) is 0 Å². The van der Waals surface area contributed by atoms with Crippen LogP contribution in [0.5, 0.6) is 0 Å². The van der Waals surface area contributed by atoms with Crippen molar-refractivity contribution in [1.82, 2.24) is 20.3 Å². The van der Waals surface area contributed by atoms with Crippen molar-refractivity contribution < 1.29 is 0 Å². The van der Waals surface area contributed by atoms with Gasteiger partial charge in [0.2, 0.25) is 0 Å². The van der Waals surface area contributed by atoms with Crippen LogP contribution in [0.15, 0.2) is 47.8 Å². The Morgan fingerprint density at radius 3 is 2.59 bits per heavy atom. The van der Waals surface area contributed by atoms with Crippen LogP contribution in [-0.4, -0.2) is 51.9 Å². The van der Waals surface area contributed by atoms with E-state index in [-0.39, 0.29) is 12.4 Å². The van der Waals surface area contributed by atoms with Gasteiger partial charge in [-0.1, -0.05) is 12.1 Å². The number of anilines is 1. The van der Waals surface area contributed by atoms with Crippen molar-refractivity contribution >= 4 is 41.3 Å². The van der Waals surface area contributed by atoms with E-state index < -0.39 is 0 Å². The Bertz CT molecular complexity index is 805. The molecule has 27 heavy (non-hydrogen) atoms. The third-order valence-electron chi connectivity index (χ3n) is 4.85.